The second kappa shape index (κ2) is 13.2. The monoisotopic (exact) mass is 756 g/mol. The van der Waals surface area contributed by atoms with E-state index in [4.69, 9.17) is 20.9 Å². The topological polar surface area (TPSA) is 387 Å². The predicted molar refractivity (Wildman–Crippen MR) is 155 cm³/mol. The maximum Gasteiger partial charge on any atom is 0.490 e. The maximum atomic E-state index is 12.4. The molecule has 26 nitrogen and oxygen atoms in total. The molecule has 49 heavy (non-hydrogen) atoms. The number of rotatable bonds is 12. The highest BCUT2D eigenvalue weighted by molar-refractivity contribution is 7.66. The lowest BCUT2D eigenvalue weighted by atomic mass is 10.1. The molecule has 268 valence electrons. The molecule has 2 saturated heterocycles. The molecule has 6 rings (SSSR count). The van der Waals surface area contributed by atoms with Gasteiger partial charge in [0.1, 0.15) is 60.3 Å². The van der Waals surface area contributed by atoms with Gasteiger partial charge in [-0.25, -0.2) is 43.6 Å². The summed E-state index contributed by atoms with van der Waals surface area (Å²) in [6.07, 6.45) is -7.97. The molecule has 4 aromatic heterocycles. The largest absolute Gasteiger partial charge is 0.490 e. The van der Waals surface area contributed by atoms with E-state index in [2.05, 4.69) is 47.6 Å². The first-order valence-electron chi connectivity index (χ1n) is 13.6. The Labute approximate surface area is 271 Å². The average molecular weight is 756 g/mol. The van der Waals surface area contributed by atoms with Gasteiger partial charge in [0, 0.05) is 0 Å². The van der Waals surface area contributed by atoms with E-state index < -0.39 is 85.8 Å². The molecule has 2 aliphatic rings. The summed E-state index contributed by atoms with van der Waals surface area (Å²) in [4.78, 5) is 53.5. The van der Waals surface area contributed by atoms with Gasteiger partial charge in [-0.15, -0.1) is 0 Å². The molecule has 0 saturated carbocycles. The molecule has 0 amide bonds. The van der Waals surface area contributed by atoms with Crippen molar-refractivity contribution in [1.29, 1.82) is 0 Å². The van der Waals surface area contributed by atoms with E-state index in [-0.39, 0.29) is 34.0 Å². The smallest absolute Gasteiger partial charge is 0.387 e. The van der Waals surface area contributed by atoms with E-state index in [0.29, 0.717) is 0 Å². The minimum Gasteiger partial charge on any atom is -0.387 e. The van der Waals surface area contributed by atoms with E-state index in [1.54, 1.807) is 0 Å². The summed E-state index contributed by atoms with van der Waals surface area (Å²) in [5, 5.41) is 41.8. The molecule has 4 aromatic rings. The van der Waals surface area contributed by atoms with E-state index >= 15 is 0 Å². The highest BCUT2D eigenvalue weighted by Gasteiger charge is 2.49. The molecule has 2 fully saturated rings. The van der Waals surface area contributed by atoms with Crippen molar-refractivity contribution in [2.24, 2.45) is 0 Å². The summed E-state index contributed by atoms with van der Waals surface area (Å²) in [7, 11) is -17.2. The number of nitrogens with two attached hydrogens (primary N) is 2. The van der Waals surface area contributed by atoms with Gasteiger partial charge in [0.15, 0.2) is 35.4 Å². The lowest BCUT2D eigenvalue weighted by molar-refractivity contribution is -0.0510. The van der Waals surface area contributed by atoms with Gasteiger partial charge in [-0.05, 0) is 0 Å². The van der Waals surface area contributed by atoms with E-state index in [1.165, 1.54) is 21.8 Å². The van der Waals surface area contributed by atoms with Crippen LogP contribution in [0.15, 0.2) is 25.3 Å². The summed E-state index contributed by atoms with van der Waals surface area (Å²) in [6, 6.07) is 0. The predicted octanol–water partition coefficient (Wildman–Crippen LogP) is -2.56. The van der Waals surface area contributed by atoms with Gasteiger partial charge in [-0.2, -0.15) is 8.62 Å². The van der Waals surface area contributed by atoms with Crippen molar-refractivity contribution in [3.63, 3.8) is 0 Å². The van der Waals surface area contributed by atoms with Crippen LogP contribution in [0, 0.1) is 0 Å². The number of ether oxygens (including phenoxy) is 2. The number of hydrogen-bond acceptors (Lipinski definition) is 21. The summed E-state index contributed by atoms with van der Waals surface area (Å²) >= 11 is 0. The first kappa shape index (κ1) is 35.7. The molecule has 11 atom stereocenters. The van der Waals surface area contributed by atoms with Gasteiger partial charge in [0.05, 0.1) is 25.9 Å². The normalized spacial score (nSPS) is 31.2. The third-order valence-electron chi connectivity index (χ3n) is 7.21. The van der Waals surface area contributed by atoms with Crippen LogP contribution < -0.4 is 11.5 Å². The lowest BCUT2D eigenvalue weighted by Crippen LogP contribution is -2.33. The van der Waals surface area contributed by atoms with Gasteiger partial charge < -0.3 is 56.0 Å². The molecule has 11 N–H and O–H groups in total. The summed E-state index contributed by atoms with van der Waals surface area (Å²) in [6.45, 7) is -2.05. The second-order valence-electron chi connectivity index (χ2n) is 10.4. The molecule has 0 spiro atoms. The van der Waals surface area contributed by atoms with Crippen LogP contribution in [-0.2, 0) is 40.8 Å². The Bertz CT molecular complexity index is 1860. The van der Waals surface area contributed by atoms with Crippen LogP contribution >= 0.6 is 23.5 Å². The van der Waals surface area contributed by atoms with Crippen molar-refractivity contribution in [1.82, 2.24) is 39.0 Å². The third-order valence-corrected chi connectivity index (χ3v) is 11.5. The number of phosphoric acid groups is 3. The highest BCUT2D eigenvalue weighted by Crippen LogP contribution is 2.67. The van der Waals surface area contributed by atoms with Crippen LogP contribution in [0.3, 0.4) is 0 Å². The Hall–Kier alpha value is -3.13. The molecule has 0 bridgehead atoms. The van der Waals surface area contributed by atoms with E-state index in [0.717, 1.165) is 12.7 Å². The third kappa shape index (κ3) is 7.22. The summed E-state index contributed by atoms with van der Waals surface area (Å²) in [5.74, 6) is 0.0316. The number of aromatic nitrogens is 8. The fourth-order valence-corrected chi connectivity index (χ4v) is 8.49. The van der Waals surface area contributed by atoms with E-state index in [9.17, 15) is 48.8 Å². The Morgan fingerprint density at radius 2 is 1.02 bits per heavy atom. The molecule has 0 aromatic carbocycles. The summed E-state index contributed by atoms with van der Waals surface area (Å²) < 4.78 is 67.9. The molecule has 29 heteroatoms. The van der Waals surface area contributed by atoms with E-state index in [1.807, 2.05) is 0 Å². The number of nitrogens with zero attached hydrogens (tertiary/aromatic N) is 8. The maximum absolute atomic E-state index is 12.4. The standard InChI is InChI=1S/C20H27N10O16P3/c21-15-9-17(25-3-23-15)29(5-27-9)19-13(33)11(31)7(43-19)1-41-47(35,36)45-49(39,40)46-48(37,38)42-2-8-12(32)14(34)20(44-8)30-6-28-10-16(22)24-4-26-18(10)30/h3-8,11-14,19-20,31-34H,1-2H2,(H,35,36)(H,37,38)(H,39,40)(H2,21,23,25)(H2,22,24,26)/t7-,8+,11-,12-,13+,14-,19-,20+/m1/s1. The molecule has 6 heterocycles. The van der Waals surface area contributed by atoms with Gasteiger partial charge in [-0.3, -0.25) is 18.2 Å². The zero-order valence-electron chi connectivity index (χ0n) is 24.2. The lowest BCUT2D eigenvalue weighted by Gasteiger charge is -2.21. The molecule has 2 aliphatic heterocycles. The second-order valence-corrected chi connectivity index (χ2v) is 15.1. The minimum atomic E-state index is -5.94. The molecule has 3 unspecified atom stereocenters. The highest BCUT2D eigenvalue weighted by atomic mass is 31.3. The zero-order valence-corrected chi connectivity index (χ0v) is 26.9. The van der Waals surface area contributed by atoms with Crippen molar-refractivity contribution >= 4 is 57.4 Å². The van der Waals surface area contributed by atoms with Crippen LogP contribution in [-0.4, -0.2) is 124 Å². The average Bonchev–Trinajstić information content (AvgIpc) is 3.77. The van der Waals surface area contributed by atoms with Crippen LogP contribution in [0.4, 0.5) is 11.6 Å². The molecular weight excluding hydrogens is 729 g/mol. The quantitative estimate of drug-likeness (QED) is 0.0671. The van der Waals surface area contributed by atoms with Gasteiger partial charge in [0.2, 0.25) is 0 Å². The van der Waals surface area contributed by atoms with Gasteiger partial charge in [0.25, 0.3) is 0 Å². The summed E-state index contributed by atoms with van der Waals surface area (Å²) in [5.41, 5.74) is 12.0. The van der Waals surface area contributed by atoms with Crippen molar-refractivity contribution < 1.29 is 75.9 Å². The van der Waals surface area contributed by atoms with Gasteiger partial charge in [-0.1, -0.05) is 0 Å². The minimum absolute atomic E-state index is 0.0158. The Balaban J connectivity index is 1.03. The fraction of sp³-hybridized carbons (Fsp3) is 0.500. The van der Waals surface area contributed by atoms with Crippen LogP contribution in [0.5, 0.6) is 0 Å². The first-order chi connectivity index (χ1) is 23.0. The zero-order chi connectivity index (χ0) is 35.5. The van der Waals surface area contributed by atoms with Crippen LogP contribution in [0.2, 0.25) is 0 Å². The van der Waals surface area contributed by atoms with Crippen LogP contribution in [0.1, 0.15) is 12.5 Å². The number of phosphoric ester groups is 2. The number of imidazole rings is 2. The van der Waals surface area contributed by atoms with Crippen molar-refractivity contribution in [3.05, 3.63) is 25.3 Å². The number of aliphatic hydroxyl groups is 4. The number of fused-ring (bicyclic) bond motifs is 2. The van der Waals surface area contributed by atoms with Crippen molar-refractivity contribution in [3.8, 4) is 0 Å². The Morgan fingerprint density at radius 1 is 0.633 bits per heavy atom. The van der Waals surface area contributed by atoms with Crippen LogP contribution in [0.25, 0.3) is 22.3 Å². The number of hydrogen-bond donors (Lipinski definition) is 9. The fourth-order valence-electron chi connectivity index (χ4n) is 4.96. The molecule has 0 aliphatic carbocycles. The number of nitrogen functional groups attached to an aromatic ring is 2. The first-order valence-corrected chi connectivity index (χ1v) is 18.0. The SMILES string of the molecule is Nc1ncnc2c1ncn2[C@@H]1O[C@H](COP(=O)(O)OP(=O)(O)OP(=O)(O)OC[C@@H]2O[C@H](n3cnc4c(N)ncnc43)[C@H](O)[C@@H]2O)[C@@H](O)[C@@H]1O. The number of aliphatic hydroxyl groups excluding tert-OH is 4. The van der Waals surface area contributed by atoms with Crippen molar-refractivity contribution in [2.75, 3.05) is 24.7 Å². The Kier molecular flexibility index (Phi) is 9.62. The van der Waals surface area contributed by atoms with Crippen molar-refractivity contribution in [2.45, 2.75) is 49.1 Å². The van der Waals surface area contributed by atoms with Gasteiger partial charge >= 0.3 is 23.5 Å². The molecule has 0 radical (unpaired) electrons. The number of anilines is 2. The molecular formula is C20H27N10O16P3. The Morgan fingerprint density at radius 3 is 1.41 bits per heavy atom.